The quantitative estimate of drug-likeness (QED) is 0.910. The number of ether oxygens (including phenoxy) is 1. The Morgan fingerprint density at radius 2 is 1.84 bits per heavy atom. The maximum Gasteiger partial charge on any atom is 0.148 e. The minimum Gasteiger partial charge on any atom is -0.483 e. The van der Waals surface area contributed by atoms with Crippen LogP contribution in [-0.2, 0) is 0 Å². The van der Waals surface area contributed by atoms with Gasteiger partial charge in [-0.2, -0.15) is 0 Å². The standard InChI is InChI=1S/C16H21NOS/c1-10-5-6-11(2)14(9-10)18-16(13(4)17)15-8-7-12(3)19-15/h5-9,13,16H,17H2,1-4H3. The van der Waals surface area contributed by atoms with Gasteiger partial charge >= 0.3 is 0 Å². The average Bonchev–Trinajstić information content (AvgIpc) is 2.76. The molecule has 2 nitrogen and oxygen atoms in total. The van der Waals surface area contributed by atoms with Gasteiger partial charge in [-0.15, -0.1) is 11.3 Å². The highest BCUT2D eigenvalue weighted by molar-refractivity contribution is 7.12. The first-order valence-corrected chi connectivity index (χ1v) is 7.35. The molecule has 0 amide bonds. The molecular weight excluding hydrogens is 254 g/mol. The summed E-state index contributed by atoms with van der Waals surface area (Å²) in [5.41, 5.74) is 8.44. The highest BCUT2D eigenvalue weighted by Crippen LogP contribution is 2.31. The Bertz CT molecular complexity index is 560. The molecule has 1 heterocycles. The molecule has 19 heavy (non-hydrogen) atoms. The first-order valence-electron chi connectivity index (χ1n) is 6.53. The SMILES string of the molecule is Cc1ccc(C)c(OC(c2ccc(C)s2)C(C)N)c1. The Kier molecular flexibility index (Phi) is 4.27. The van der Waals surface area contributed by atoms with Crippen LogP contribution < -0.4 is 10.5 Å². The van der Waals surface area contributed by atoms with E-state index in [0.717, 1.165) is 11.3 Å². The molecule has 0 aliphatic carbocycles. The number of nitrogens with two attached hydrogens (primary N) is 1. The summed E-state index contributed by atoms with van der Waals surface area (Å²) in [6.45, 7) is 8.23. The van der Waals surface area contributed by atoms with Crippen molar-refractivity contribution in [3.63, 3.8) is 0 Å². The van der Waals surface area contributed by atoms with E-state index in [1.165, 1.54) is 15.3 Å². The average molecular weight is 275 g/mol. The van der Waals surface area contributed by atoms with Crippen molar-refractivity contribution in [1.82, 2.24) is 0 Å². The van der Waals surface area contributed by atoms with Crippen LogP contribution in [-0.4, -0.2) is 6.04 Å². The zero-order chi connectivity index (χ0) is 14.0. The molecule has 0 aliphatic rings. The normalized spacial score (nSPS) is 14.2. The summed E-state index contributed by atoms with van der Waals surface area (Å²) in [6.07, 6.45) is -0.0841. The zero-order valence-electron chi connectivity index (χ0n) is 11.9. The predicted molar refractivity (Wildman–Crippen MR) is 82.0 cm³/mol. The van der Waals surface area contributed by atoms with Crippen molar-refractivity contribution in [1.29, 1.82) is 0 Å². The van der Waals surface area contributed by atoms with Crippen molar-refractivity contribution in [3.8, 4) is 5.75 Å². The van der Waals surface area contributed by atoms with Gasteiger partial charge in [-0.25, -0.2) is 0 Å². The molecule has 2 unspecified atom stereocenters. The largest absolute Gasteiger partial charge is 0.483 e. The lowest BCUT2D eigenvalue weighted by molar-refractivity contribution is 0.183. The van der Waals surface area contributed by atoms with E-state index in [1.54, 1.807) is 11.3 Å². The topological polar surface area (TPSA) is 35.2 Å². The molecule has 2 aromatic rings. The fraction of sp³-hybridized carbons (Fsp3) is 0.375. The van der Waals surface area contributed by atoms with E-state index in [2.05, 4.69) is 51.1 Å². The molecule has 0 radical (unpaired) electrons. The minimum absolute atomic E-state index is 0.0436. The second kappa shape index (κ2) is 5.76. The van der Waals surface area contributed by atoms with Gasteiger partial charge in [-0.1, -0.05) is 12.1 Å². The maximum atomic E-state index is 6.17. The van der Waals surface area contributed by atoms with E-state index in [9.17, 15) is 0 Å². The van der Waals surface area contributed by atoms with Crippen LogP contribution in [0.25, 0.3) is 0 Å². The summed E-state index contributed by atoms with van der Waals surface area (Å²) in [5.74, 6) is 0.924. The van der Waals surface area contributed by atoms with Crippen molar-refractivity contribution in [3.05, 3.63) is 51.2 Å². The van der Waals surface area contributed by atoms with Crippen LogP contribution in [0.1, 0.15) is 33.9 Å². The molecule has 0 bridgehead atoms. The third-order valence-corrected chi connectivity index (χ3v) is 4.18. The number of aryl methyl sites for hydroxylation is 3. The number of rotatable bonds is 4. The maximum absolute atomic E-state index is 6.17. The third-order valence-electron chi connectivity index (χ3n) is 3.12. The fourth-order valence-electron chi connectivity index (χ4n) is 2.00. The molecule has 2 N–H and O–H groups in total. The Morgan fingerprint density at radius 1 is 1.11 bits per heavy atom. The molecule has 0 spiro atoms. The Hall–Kier alpha value is -1.32. The van der Waals surface area contributed by atoms with Gasteiger partial charge in [0.1, 0.15) is 11.9 Å². The van der Waals surface area contributed by atoms with E-state index in [0.29, 0.717) is 0 Å². The summed E-state index contributed by atoms with van der Waals surface area (Å²) in [6, 6.07) is 10.4. The van der Waals surface area contributed by atoms with Gasteiger partial charge in [0, 0.05) is 15.8 Å². The summed E-state index contributed by atoms with van der Waals surface area (Å²) >= 11 is 1.75. The van der Waals surface area contributed by atoms with Gasteiger partial charge in [0.05, 0.1) is 0 Å². The highest BCUT2D eigenvalue weighted by Gasteiger charge is 2.20. The van der Waals surface area contributed by atoms with Crippen molar-refractivity contribution < 1.29 is 4.74 Å². The van der Waals surface area contributed by atoms with Gasteiger partial charge in [0.2, 0.25) is 0 Å². The Labute approximate surface area is 119 Å². The van der Waals surface area contributed by atoms with Gasteiger partial charge in [0.15, 0.2) is 0 Å². The van der Waals surface area contributed by atoms with Crippen molar-refractivity contribution in [2.24, 2.45) is 5.73 Å². The molecule has 0 saturated heterocycles. The van der Waals surface area contributed by atoms with E-state index in [1.807, 2.05) is 6.92 Å². The third kappa shape index (κ3) is 3.37. The molecule has 2 atom stereocenters. The molecule has 2 rings (SSSR count). The fourth-order valence-corrected chi connectivity index (χ4v) is 3.02. The van der Waals surface area contributed by atoms with Crippen molar-refractivity contribution in [2.45, 2.75) is 39.8 Å². The summed E-state index contributed by atoms with van der Waals surface area (Å²) < 4.78 is 6.17. The van der Waals surface area contributed by atoms with Crippen LogP contribution in [0.5, 0.6) is 5.75 Å². The van der Waals surface area contributed by atoms with E-state index in [-0.39, 0.29) is 12.1 Å². The van der Waals surface area contributed by atoms with Gasteiger partial charge in [-0.05, 0) is 57.0 Å². The number of thiophene rings is 1. The molecule has 0 fully saturated rings. The molecule has 0 aliphatic heterocycles. The molecule has 0 saturated carbocycles. The summed E-state index contributed by atoms with van der Waals surface area (Å²) in [7, 11) is 0. The van der Waals surface area contributed by atoms with Crippen molar-refractivity contribution in [2.75, 3.05) is 0 Å². The lowest BCUT2D eigenvalue weighted by Crippen LogP contribution is -2.28. The molecule has 1 aromatic carbocycles. The predicted octanol–water partition coefficient (Wildman–Crippen LogP) is 4.14. The number of benzene rings is 1. The van der Waals surface area contributed by atoms with Gasteiger partial charge < -0.3 is 10.5 Å². The smallest absolute Gasteiger partial charge is 0.148 e. The van der Waals surface area contributed by atoms with Gasteiger partial charge in [0.25, 0.3) is 0 Å². The molecular formula is C16H21NOS. The Morgan fingerprint density at radius 3 is 2.42 bits per heavy atom. The van der Waals surface area contributed by atoms with Crippen LogP contribution in [0.3, 0.4) is 0 Å². The van der Waals surface area contributed by atoms with Crippen LogP contribution in [0.2, 0.25) is 0 Å². The van der Waals surface area contributed by atoms with E-state index < -0.39 is 0 Å². The number of hydrogen-bond donors (Lipinski definition) is 1. The van der Waals surface area contributed by atoms with Crippen LogP contribution >= 0.6 is 11.3 Å². The van der Waals surface area contributed by atoms with Crippen LogP contribution in [0, 0.1) is 20.8 Å². The molecule has 102 valence electrons. The minimum atomic E-state index is -0.0841. The lowest BCUT2D eigenvalue weighted by atomic mass is 10.1. The monoisotopic (exact) mass is 275 g/mol. The highest BCUT2D eigenvalue weighted by atomic mass is 32.1. The second-order valence-electron chi connectivity index (χ2n) is 5.11. The summed E-state index contributed by atoms with van der Waals surface area (Å²) in [4.78, 5) is 2.47. The van der Waals surface area contributed by atoms with Crippen LogP contribution in [0.15, 0.2) is 30.3 Å². The molecule has 3 heteroatoms. The summed E-state index contributed by atoms with van der Waals surface area (Å²) in [5, 5.41) is 0. The van der Waals surface area contributed by atoms with E-state index >= 15 is 0 Å². The van der Waals surface area contributed by atoms with E-state index in [4.69, 9.17) is 10.5 Å². The second-order valence-corrected chi connectivity index (χ2v) is 6.43. The first-order chi connectivity index (χ1) is 8.97. The van der Waals surface area contributed by atoms with Gasteiger partial charge in [-0.3, -0.25) is 0 Å². The van der Waals surface area contributed by atoms with Crippen molar-refractivity contribution >= 4 is 11.3 Å². The van der Waals surface area contributed by atoms with Crippen LogP contribution in [0.4, 0.5) is 0 Å². The Balaban J connectivity index is 2.29. The number of hydrogen-bond acceptors (Lipinski definition) is 3. The zero-order valence-corrected chi connectivity index (χ0v) is 12.8. The first kappa shape index (κ1) is 14.1. The molecule has 1 aromatic heterocycles. The lowest BCUT2D eigenvalue weighted by Gasteiger charge is -2.22.